The van der Waals surface area contributed by atoms with Crippen molar-refractivity contribution in [2.75, 3.05) is 0 Å². The Labute approximate surface area is 112 Å². The standard InChI is InChI=1S/C15H16N4/c1-11(18-19-15(16)17)12-7-9-14(10-8-12)13-5-3-2-4-6-13/h2-10H,1H3,(H4,16,17,19). The SMILES string of the molecule is CC(=NN=C(N)N)c1ccc(-c2ccccc2)cc1. The average Bonchev–Trinajstić information content (AvgIpc) is 2.46. The predicted octanol–water partition coefficient (Wildman–Crippen LogP) is 2.35. The van der Waals surface area contributed by atoms with Crippen LogP contribution in [0, 0.1) is 0 Å². The topological polar surface area (TPSA) is 76.8 Å². The van der Waals surface area contributed by atoms with Gasteiger partial charge in [-0.05, 0) is 23.6 Å². The molecule has 0 aliphatic carbocycles. The Morgan fingerprint density at radius 3 is 1.95 bits per heavy atom. The van der Waals surface area contributed by atoms with Gasteiger partial charge in [0, 0.05) is 0 Å². The van der Waals surface area contributed by atoms with Gasteiger partial charge in [0.15, 0.2) is 0 Å². The summed E-state index contributed by atoms with van der Waals surface area (Å²) in [7, 11) is 0. The lowest BCUT2D eigenvalue weighted by Crippen LogP contribution is -2.22. The van der Waals surface area contributed by atoms with Crippen LogP contribution in [-0.4, -0.2) is 11.7 Å². The second kappa shape index (κ2) is 5.82. The summed E-state index contributed by atoms with van der Waals surface area (Å²) >= 11 is 0. The monoisotopic (exact) mass is 252 g/mol. The van der Waals surface area contributed by atoms with Crippen LogP contribution in [0.25, 0.3) is 11.1 Å². The van der Waals surface area contributed by atoms with Crippen LogP contribution >= 0.6 is 0 Å². The Morgan fingerprint density at radius 2 is 1.37 bits per heavy atom. The first-order valence-electron chi connectivity index (χ1n) is 5.96. The van der Waals surface area contributed by atoms with Crippen LogP contribution in [0.5, 0.6) is 0 Å². The van der Waals surface area contributed by atoms with Crippen molar-refractivity contribution in [2.45, 2.75) is 6.92 Å². The van der Waals surface area contributed by atoms with E-state index in [1.165, 1.54) is 11.1 Å². The van der Waals surface area contributed by atoms with Crippen molar-refractivity contribution >= 4 is 11.7 Å². The molecule has 2 aromatic rings. The van der Waals surface area contributed by atoms with Crippen molar-refractivity contribution in [3.05, 3.63) is 60.2 Å². The molecule has 0 radical (unpaired) electrons. The summed E-state index contributed by atoms with van der Waals surface area (Å²) in [5, 5.41) is 7.59. The number of nitrogens with two attached hydrogens (primary N) is 2. The first-order valence-corrected chi connectivity index (χ1v) is 5.96. The third kappa shape index (κ3) is 3.42. The summed E-state index contributed by atoms with van der Waals surface area (Å²) in [6, 6.07) is 18.3. The lowest BCUT2D eigenvalue weighted by molar-refractivity contribution is 1.20. The van der Waals surface area contributed by atoms with Crippen molar-refractivity contribution < 1.29 is 0 Å². The number of hydrogen-bond donors (Lipinski definition) is 2. The van der Waals surface area contributed by atoms with Gasteiger partial charge in [-0.1, -0.05) is 54.6 Å². The maximum absolute atomic E-state index is 5.24. The van der Waals surface area contributed by atoms with Crippen LogP contribution in [0.3, 0.4) is 0 Å². The van der Waals surface area contributed by atoms with Crippen molar-refractivity contribution in [3.63, 3.8) is 0 Å². The number of guanidine groups is 1. The zero-order valence-electron chi connectivity index (χ0n) is 10.7. The molecule has 0 heterocycles. The highest BCUT2D eigenvalue weighted by Gasteiger charge is 1.99. The molecule has 19 heavy (non-hydrogen) atoms. The van der Waals surface area contributed by atoms with Crippen LogP contribution in [-0.2, 0) is 0 Å². The molecule has 0 saturated heterocycles. The van der Waals surface area contributed by atoms with Gasteiger partial charge in [-0.2, -0.15) is 5.10 Å². The highest BCUT2D eigenvalue weighted by Crippen LogP contribution is 2.19. The van der Waals surface area contributed by atoms with E-state index in [0.29, 0.717) is 0 Å². The number of hydrogen-bond acceptors (Lipinski definition) is 2. The molecular formula is C15H16N4. The van der Waals surface area contributed by atoms with Crippen molar-refractivity contribution in [2.24, 2.45) is 21.7 Å². The highest BCUT2D eigenvalue weighted by molar-refractivity contribution is 5.99. The van der Waals surface area contributed by atoms with Crippen molar-refractivity contribution in [1.82, 2.24) is 0 Å². The van der Waals surface area contributed by atoms with Crippen LogP contribution in [0.15, 0.2) is 64.8 Å². The van der Waals surface area contributed by atoms with E-state index < -0.39 is 0 Å². The Hall–Kier alpha value is -2.62. The van der Waals surface area contributed by atoms with Crippen LogP contribution < -0.4 is 11.5 Å². The van der Waals surface area contributed by atoms with Gasteiger partial charge < -0.3 is 11.5 Å². The van der Waals surface area contributed by atoms with E-state index in [0.717, 1.165) is 11.3 Å². The van der Waals surface area contributed by atoms with E-state index in [-0.39, 0.29) is 5.96 Å². The van der Waals surface area contributed by atoms with Gasteiger partial charge in [0.2, 0.25) is 5.96 Å². The zero-order chi connectivity index (χ0) is 13.7. The molecule has 0 spiro atoms. The molecule has 4 N–H and O–H groups in total. The summed E-state index contributed by atoms with van der Waals surface area (Å²) in [6.07, 6.45) is 0. The molecule has 0 aliphatic rings. The van der Waals surface area contributed by atoms with E-state index in [9.17, 15) is 0 Å². The van der Waals surface area contributed by atoms with Crippen molar-refractivity contribution in [3.8, 4) is 11.1 Å². The summed E-state index contributed by atoms with van der Waals surface area (Å²) in [4.78, 5) is 0. The fourth-order valence-electron chi connectivity index (χ4n) is 1.72. The molecule has 0 aliphatic heterocycles. The van der Waals surface area contributed by atoms with E-state index in [2.05, 4.69) is 34.5 Å². The fraction of sp³-hybridized carbons (Fsp3) is 0.0667. The summed E-state index contributed by atoms with van der Waals surface area (Å²) in [6.45, 7) is 1.87. The normalized spacial score (nSPS) is 11.1. The predicted molar refractivity (Wildman–Crippen MR) is 79.9 cm³/mol. The molecule has 4 heteroatoms. The van der Waals surface area contributed by atoms with Gasteiger partial charge in [0.25, 0.3) is 0 Å². The average molecular weight is 252 g/mol. The quantitative estimate of drug-likeness (QED) is 0.499. The van der Waals surface area contributed by atoms with E-state index in [1.807, 2.05) is 37.3 Å². The highest BCUT2D eigenvalue weighted by atomic mass is 15.3. The molecule has 0 aromatic heterocycles. The Balaban J connectivity index is 2.24. The Kier molecular flexibility index (Phi) is 3.93. The van der Waals surface area contributed by atoms with Gasteiger partial charge in [-0.3, -0.25) is 0 Å². The smallest absolute Gasteiger partial charge is 0.211 e. The number of benzene rings is 2. The zero-order valence-corrected chi connectivity index (χ0v) is 10.7. The number of nitrogens with zero attached hydrogens (tertiary/aromatic N) is 2. The maximum Gasteiger partial charge on any atom is 0.211 e. The van der Waals surface area contributed by atoms with Gasteiger partial charge in [-0.15, -0.1) is 5.10 Å². The van der Waals surface area contributed by atoms with Crippen LogP contribution in [0.1, 0.15) is 12.5 Å². The molecular weight excluding hydrogens is 236 g/mol. The van der Waals surface area contributed by atoms with Gasteiger partial charge >= 0.3 is 0 Å². The second-order valence-corrected chi connectivity index (χ2v) is 4.15. The lowest BCUT2D eigenvalue weighted by atomic mass is 10.0. The molecule has 96 valence electrons. The summed E-state index contributed by atoms with van der Waals surface area (Å²) in [5.41, 5.74) is 14.6. The molecule has 2 aromatic carbocycles. The lowest BCUT2D eigenvalue weighted by Gasteiger charge is -2.03. The summed E-state index contributed by atoms with van der Waals surface area (Å²) in [5.74, 6) is -0.0414. The minimum Gasteiger partial charge on any atom is -0.369 e. The molecule has 0 amide bonds. The van der Waals surface area contributed by atoms with Crippen LogP contribution in [0.2, 0.25) is 0 Å². The first kappa shape index (κ1) is 12.8. The molecule has 0 fully saturated rings. The van der Waals surface area contributed by atoms with Gasteiger partial charge in [-0.25, -0.2) is 0 Å². The fourth-order valence-corrected chi connectivity index (χ4v) is 1.72. The van der Waals surface area contributed by atoms with E-state index >= 15 is 0 Å². The van der Waals surface area contributed by atoms with E-state index in [1.54, 1.807) is 0 Å². The molecule has 0 saturated carbocycles. The molecule has 0 atom stereocenters. The molecule has 0 unspecified atom stereocenters. The molecule has 0 bridgehead atoms. The largest absolute Gasteiger partial charge is 0.369 e. The first-order chi connectivity index (χ1) is 9.16. The minimum absolute atomic E-state index is 0.0414. The molecule has 2 rings (SSSR count). The third-order valence-corrected chi connectivity index (χ3v) is 2.73. The number of rotatable bonds is 3. The van der Waals surface area contributed by atoms with Crippen molar-refractivity contribution in [1.29, 1.82) is 0 Å². The molecule has 4 nitrogen and oxygen atoms in total. The van der Waals surface area contributed by atoms with E-state index in [4.69, 9.17) is 11.5 Å². The van der Waals surface area contributed by atoms with Gasteiger partial charge in [0.1, 0.15) is 0 Å². The summed E-state index contributed by atoms with van der Waals surface area (Å²) < 4.78 is 0. The maximum atomic E-state index is 5.24. The minimum atomic E-state index is -0.0414. The van der Waals surface area contributed by atoms with Crippen LogP contribution in [0.4, 0.5) is 0 Å². The Bertz CT molecular complexity index is 594. The second-order valence-electron chi connectivity index (χ2n) is 4.15. The van der Waals surface area contributed by atoms with Gasteiger partial charge in [0.05, 0.1) is 5.71 Å². The third-order valence-electron chi connectivity index (χ3n) is 2.73. The Morgan fingerprint density at radius 1 is 0.789 bits per heavy atom.